The van der Waals surface area contributed by atoms with Crippen LogP contribution in [0, 0.1) is 6.92 Å². The molecule has 0 saturated heterocycles. The zero-order chi connectivity index (χ0) is 12.0. The molecule has 3 aromatic rings. The van der Waals surface area contributed by atoms with E-state index in [-0.39, 0.29) is 0 Å². The predicted molar refractivity (Wildman–Crippen MR) is 71.2 cm³/mol. The van der Waals surface area contributed by atoms with E-state index in [4.69, 9.17) is 5.73 Å². The summed E-state index contributed by atoms with van der Waals surface area (Å²) in [6.07, 6.45) is 2.45. The minimum absolute atomic E-state index is 0.536. The monoisotopic (exact) mass is 244 g/mol. The number of aryl methyl sites for hydroxylation is 2. The minimum atomic E-state index is 0.536. The molecule has 0 radical (unpaired) electrons. The highest BCUT2D eigenvalue weighted by atomic mass is 32.1. The number of hydrogen-bond donors (Lipinski definition) is 1. The summed E-state index contributed by atoms with van der Waals surface area (Å²) in [7, 11) is 0. The number of nitrogens with zero attached hydrogens (tertiary/aromatic N) is 3. The number of fused-ring (bicyclic) bond motifs is 3. The standard InChI is InChI=1S/C12H12N4S/c1-3-8-6(2)4-7-9-10(17-12(7)16-8)11(13)15-5-14-9/h4-5H,3H2,1-2H3,(H2,13,14,15). The van der Waals surface area contributed by atoms with Gasteiger partial charge in [-0.25, -0.2) is 15.0 Å². The zero-order valence-corrected chi connectivity index (χ0v) is 10.5. The largest absolute Gasteiger partial charge is 0.382 e. The fourth-order valence-electron chi connectivity index (χ4n) is 2.01. The lowest BCUT2D eigenvalue weighted by Crippen LogP contribution is -1.91. The van der Waals surface area contributed by atoms with Gasteiger partial charge in [0.2, 0.25) is 0 Å². The summed E-state index contributed by atoms with van der Waals surface area (Å²) in [6.45, 7) is 4.20. The highest BCUT2D eigenvalue weighted by Crippen LogP contribution is 2.34. The number of anilines is 1. The average Bonchev–Trinajstić information content (AvgIpc) is 2.68. The first kappa shape index (κ1) is 10.4. The lowest BCUT2D eigenvalue weighted by Gasteiger charge is -2.01. The Morgan fingerprint density at radius 2 is 2.18 bits per heavy atom. The molecule has 3 aromatic heterocycles. The van der Waals surface area contributed by atoms with E-state index in [9.17, 15) is 0 Å². The van der Waals surface area contributed by atoms with Crippen LogP contribution < -0.4 is 5.73 Å². The second kappa shape index (κ2) is 3.63. The molecule has 0 aliphatic heterocycles. The van der Waals surface area contributed by atoms with Gasteiger partial charge in [0.15, 0.2) is 0 Å². The topological polar surface area (TPSA) is 64.7 Å². The molecule has 0 amide bonds. The number of thiophene rings is 1. The van der Waals surface area contributed by atoms with Gasteiger partial charge < -0.3 is 5.73 Å². The Balaban J connectivity index is 2.48. The molecule has 4 nitrogen and oxygen atoms in total. The van der Waals surface area contributed by atoms with Gasteiger partial charge in [0, 0.05) is 11.1 Å². The molecular weight excluding hydrogens is 232 g/mol. The van der Waals surface area contributed by atoms with E-state index in [0.717, 1.165) is 32.5 Å². The Bertz CT molecular complexity index is 717. The maximum Gasteiger partial charge on any atom is 0.144 e. The van der Waals surface area contributed by atoms with Gasteiger partial charge in [0.1, 0.15) is 17.0 Å². The van der Waals surface area contributed by atoms with Crippen molar-refractivity contribution in [3.63, 3.8) is 0 Å². The van der Waals surface area contributed by atoms with Crippen molar-refractivity contribution < 1.29 is 0 Å². The number of aromatic nitrogens is 3. The van der Waals surface area contributed by atoms with Crippen molar-refractivity contribution in [2.75, 3.05) is 5.73 Å². The summed E-state index contributed by atoms with van der Waals surface area (Å²) in [5.74, 6) is 0.536. The van der Waals surface area contributed by atoms with Crippen molar-refractivity contribution in [3.8, 4) is 0 Å². The first-order valence-corrected chi connectivity index (χ1v) is 6.31. The van der Waals surface area contributed by atoms with Gasteiger partial charge in [0.25, 0.3) is 0 Å². The highest BCUT2D eigenvalue weighted by molar-refractivity contribution is 7.25. The van der Waals surface area contributed by atoms with Crippen LogP contribution >= 0.6 is 11.3 Å². The third kappa shape index (κ3) is 1.46. The minimum Gasteiger partial charge on any atom is -0.382 e. The summed E-state index contributed by atoms with van der Waals surface area (Å²) < 4.78 is 0.933. The average molecular weight is 244 g/mol. The van der Waals surface area contributed by atoms with Gasteiger partial charge in [0.05, 0.1) is 10.2 Å². The predicted octanol–water partition coefficient (Wildman–Crippen LogP) is 2.69. The molecule has 0 aliphatic rings. The van der Waals surface area contributed by atoms with Crippen LogP contribution in [0.15, 0.2) is 12.4 Å². The van der Waals surface area contributed by atoms with E-state index in [2.05, 4.69) is 34.9 Å². The summed E-state index contributed by atoms with van der Waals surface area (Å²) in [6, 6.07) is 2.15. The molecule has 86 valence electrons. The van der Waals surface area contributed by atoms with Crippen LogP contribution in [0.3, 0.4) is 0 Å². The lowest BCUT2D eigenvalue weighted by atomic mass is 10.1. The van der Waals surface area contributed by atoms with Crippen LogP contribution in [-0.2, 0) is 6.42 Å². The summed E-state index contributed by atoms with van der Waals surface area (Å²) >= 11 is 1.57. The maximum absolute atomic E-state index is 5.86. The Labute approximate surface area is 103 Å². The Morgan fingerprint density at radius 1 is 1.35 bits per heavy atom. The molecule has 0 atom stereocenters. The number of pyridine rings is 1. The van der Waals surface area contributed by atoms with Crippen LogP contribution in [0.5, 0.6) is 0 Å². The fourth-order valence-corrected chi connectivity index (χ4v) is 3.05. The molecule has 0 aliphatic carbocycles. The first-order chi connectivity index (χ1) is 8.20. The van der Waals surface area contributed by atoms with Gasteiger partial charge in [-0.15, -0.1) is 11.3 Å². The Morgan fingerprint density at radius 3 is 2.94 bits per heavy atom. The highest BCUT2D eigenvalue weighted by Gasteiger charge is 2.12. The van der Waals surface area contributed by atoms with E-state index in [0.29, 0.717) is 5.82 Å². The molecule has 0 bridgehead atoms. The Kier molecular flexibility index (Phi) is 2.22. The second-order valence-corrected chi connectivity index (χ2v) is 5.00. The van der Waals surface area contributed by atoms with Crippen molar-refractivity contribution in [3.05, 3.63) is 23.7 Å². The van der Waals surface area contributed by atoms with Gasteiger partial charge in [-0.05, 0) is 25.0 Å². The van der Waals surface area contributed by atoms with Crippen molar-refractivity contribution in [2.24, 2.45) is 0 Å². The lowest BCUT2D eigenvalue weighted by molar-refractivity contribution is 1.03. The second-order valence-electron chi connectivity index (χ2n) is 4.00. The van der Waals surface area contributed by atoms with Gasteiger partial charge >= 0.3 is 0 Å². The van der Waals surface area contributed by atoms with E-state index < -0.39 is 0 Å². The summed E-state index contributed by atoms with van der Waals surface area (Å²) in [4.78, 5) is 14.0. The number of nitrogen functional groups attached to an aromatic ring is 1. The van der Waals surface area contributed by atoms with Crippen LogP contribution in [-0.4, -0.2) is 15.0 Å². The van der Waals surface area contributed by atoms with Crippen LogP contribution in [0.1, 0.15) is 18.2 Å². The van der Waals surface area contributed by atoms with E-state index in [1.807, 2.05) is 0 Å². The van der Waals surface area contributed by atoms with E-state index >= 15 is 0 Å². The van der Waals surface area contributed by atoms with Crippen molar-refractivity contribution >= 4 is 37.6 Å². The third-order valence-corrected chi connectivity index (χ3v) is 4.01. The van der Waals surface area contributed by atoms with Crippen molar-refractivity contribution in [1.29, 1.82) is 0 Å². The maximum atomic E-state index is 5.86. The fraction of sp³-hybridized carbons (Fsp3) is 0.250. The van der Waals surface area contributed by atoms with E-state index in [1.54, 1.807) is 11.3 Å². The molecule has 3 rings (SSSR count). The quantitative estimate of drug-likeness (QED) is 0.714. The molecule has 0 fully saturated rings. The first-order valence-electron chi connectivity index (χ1n) is 5.50. The number of rotatable bonds is 1. The van der Waals surface area contributed by atoms with Crippen molar-refractivity contribution in [1.82, 2.24) is 15.0 Å². The van der Waals surface area contributed by atoms with Crippen LogP contribution in [0.4, 0.5) is 5.82 Å². The summed E-state index contributed by atoms with van der Waals surface area (Å²) in [5, 5.41) is 1.08. The smallest absolute Gasteiger partial charge is 0.144 e. The molecule has 0 aromatic carbocycles. The van der Waals surface area contributed by atoms with Gasteiger partial charge in [-0.1, -0.05) is 6.92 Å². The third-order valence-electron chi connectivity index (χ3n) is 2.90. The van der Waals surface area contributed by atoms with Crippen LogP contribution in [0.2, 0.25) is 0 Å². The zero-order valence-electron chi connectivity index (χ0n) is 9.69. The van der Waals surface area contributed by atoms with Crippen LogP contribution in [0.25, 0.3) is 20.4 Å². The number of nitrogens with two attached hydrogens (primary N) is 1. The van der Waals surface area contributed by atoms with E-state index in [1.165, 1.54) is 11.9 Å². The van der Waals surface area contributed by atoms with Gasteiger partial charge in [-0.2, -0.15) is 0 Å². The summed E-state index contributed by atoms with van der Waals surface area (Å²) in [5.41, 5.74) is 9.11. The molecular formula is C12H12N4S. The molecule has 0 unspecified atom stereocenters. The molecule has 3 heterocycles. The van der Waals surface area contributed by atoms with Gasteiger partial charge in [-0.3, -0.25) is 0 Å². The molecule has 0 saturated carbocycles. The SMILES string of the molecule is CCc1nc2sc3c(N)ncnc3c2cc1C. The molecule has 2 N–H and O–H groups in total. The Hall–Kier alpha value is -1.75. The molecule has 0 spiro atoms. The molecule has 5 heteroatoms. The normalized spacial score (nSPS) is 11.4. The van der Waals surface area contributed by atoms with Crippen molar-refractivity contribution in [2.45, 2.75) is 20.3 Å². The number of hydrogen-bond acceptors (Lipinski definition) is 5. The molecule has 17 heavy (non-hydrogen) atoms.